The third-order valence-corrected chi connectivity index (χ3v) is 4.21. The zero-order chi connectivity index (χ0) is 13.7. The van der Waals surface area contributed by atoms with Crippen LogP contribution in [0.2, 0.25) is 0 Å². The second-order valence-electron chi connectivity index (χ2n) is 4.91. The lowest BCUT2D eigenvalue weighted by molar-refractivity contribution is -0.120. The molecule has 1 unspecified atom stereocenters. The minimum atomic E-state index is 0. The van der Waals surface area contributed by atoms with E-state index in [1.165, 1.54) is 12.8 Å². The van der Waals surface area contributed by atoms with Gasteiger partial charge in [0.25, 0.3) is 0 Å². The van der Waals surface area contributed by atoms with E-state index in [-0.39, 0.29) is 36.8 Å². The van der Waals surface area contributed by atoms with Crippen LogP contribution < -0.4 is 10.6 Å². The van der Waals surface area contributed by atoms with E-state index in [0.29, 0.717) is 13.1 Å². The second-order valence-corrected chi connectivity index (χ2v) is 5.80. The first-order chi connectivity index (χ1) is 9.19. The lowest BCUT2D eigenvalue weighted by Crippen LogP contribution is -2.34. The first kappa shape index (κ1) is 20.6. The van der Waals surface area contributed by atoms with E-state index in [1.807, 2.05) is 12.3 Å². The van der Waals surface area contributed by atoms with Crippen LogP contribution in [0, 0.1) is 5.92 Å². The van der Waals surface area contributed by atoms with Crippen molar-refractivity contribution in [3.63, 3.8) is 0 Å². The summed E-state index contributed by atoms with van der Waals surface area (Å²) in [7, 11) is 1.67. The SMILES string of the molecule is COC(C)c1nc(CNC(=O)CNCC2CC2)cs1.Cl.Cl. The van der Waals surface area contributed by atoms with Gasteiger partial charge in [-0.1, -0.05) is 0 Å². The Labute approximate surface area is 142 Å². The van der Waals surface area contributed by atoms with Gasteiger partial charge in [-0.15, -0.1) is 36.2 Å². The highest BCUT2D eigenvalue weighted by Gasteiger charge is 2.20. The zero-order valence-electron chi connectivity index (χ0n) is 12.3. The summed E-state index contributed by atoms with van der Waals surface area (Å²) in [6.45, 7) is 3.79. The Bertz CT molecular complexity index is 427. The number of aromatic nitrogens is 1. The van der Waals surface area contributed by atoms with Crippen LogP contribution in [-0.2, 0) is 16.1 Å². The fourth-order valence-corrected chi connectivity index (χ4v) is 2.51. The Hall–Kier alpha value is -0.400. The molecule has 122 valence electrons. The maximum atomic E-state index is 11.6. The van der Waals surface area contributed by atoms with Crippen LogP contribution in [0.4, 0.5) is 0 Å². The highest BCUT2D eigenvalue weighted by atomic mass is 35.5. The Morgan fingerprint density at radius 2 is 2.24 bits per heavy atom. The molecular weight excluding hydrogens is 333 g/mol. The maximum Gasteiger partial charge on any atom is 0.234 e. The van der Waals surface area contributed by atoms with E-state index in [9.17, 15) is 4.79 Å². The molecule has 1 amide bonds. The van der Waals surface area contributed by atoms with Crippen LogP contribution in [0.1, 0.15) is 36.6 Å². The molecule has 1 heterocycles. The highest BCUT2D eigenvalue weighted by Crippen LogP contribution is 2.27. The number of rotatable bonds is 8. The van der Waals surface area contributed by atoms with Crippen LogP contribution in [0.25, 0.3) is 0 Å². The number of halogens is 2. The van der Waals surface area contributed by atoms with E-state index < -0.39 is 0 Å². The van der Waals surface area contributed by atoms with Gasteiger partial charge in [0.05, 0.1) is 18.8 Å². The molecule has 0 bridgehead atoms. The first-order valence-corrected chi connectivity index (χ1v) is 7.51. The second kappa shape index (κ2) is 10.3. The van der Waals surface area contributed by atoms with Crippen molar-refractivity contribution >= 4 is 42.1 Å². The van der Waals surface area contributed by atoms with E-state index in [4.69, 9.17) is 4.74 Å². The molecule has 1 saturated carbocycles. The summed E-state index contributed by atoms with van der Waals surface area (Å²) in [6, 6.07) is 0. The molecule has 5 nitrogen and oxygen atoms in total. The van der Waals surface area contributed by atoms with Gasteiger partial charge >= 0.3 is 0 Å². The fourth-order valence-electron chi connectivity index (χ4n) is 1.65. The number of amides is 1. The summed E-state index contributed by atoms with van der Waals surface area (Å²) < 4.78 is 5.21. The Morgan fingerprint density at radius 3 is 2.86 bits per heavy atom. The monoisotopic (exact) mass is 355 g/mol. The number of nitrogens with zero attached hydrogens (tertiary/aromatic N) is 1. The third kappa shape index (κ3) is 7.42. The van der Waals surface area contributed by atoms with Gasteiger partial charge in [0, 0.05) is 12.5 Å². The van der Waals surface area contributed by atoms with E-state index in [1.54, 1.807) is 18.4 Å². The lowest BCUT2D eigenvalue weighted by Gasteiger charge is -2.05. The van der Waals surface area contributed by atoms with Crippen LogP contribution in [0.15, 0.2) is 5.38 Å². The number of hydrogen-bond acceptors (Lipinski definition) is 5. The molecule has 21 heavy (non-hydrogen) atoms. The molecule has 0 radical (unpaired) electrons. The molecule has 1 atom stereocenters. The molecule has 0 spiro atoms. The minimum absolute atomic E-state index is 0. The maximum absolute atomic E-state index is 11.6. The van der Waals surface area contributed by atoms with Crippen LogP contribution in [-0.4, -0.2) is 31.1 Å². The fraction of sp³-hybridized carbons (Fsp3) is 0.692. The van der Waals surface area contributed by atoms with Crippen LogP contribution >= 0.6 is 36.2 Å². The van der Waals surface area contributed by atoms with Gasteiger partial charge in [-0.05, 0) is 32.2 Å². The molecule has 0 aromatic carbocycles. The number of carbonyl (C=O) groups is 1. The number of methoxy groups -OCH3 is 1. The van der Waals surface area contributed by atoms with Crippen molar-refractivity contribution in [1.82, 2.24) is 15.6 Å². The summed E-state index contributed by atoms with van der Waals surface area (Å²) >= 11 is 1.56. The Morgan fingerprint density at radius 1 is 1.52 bits per heavy atom. The summed E-state index contributed by atoms with van der Waals surface area (Å²) in [6.07, 6.45) is 2.61. The topological polar surface area (TPSA) is 63.2 Å². The molecule has 0 aliphatic heterocycles. The molecule has 0 saturated heterocycles. The summed E-state index contributed by atoms with van der Waals surface area (Å²) in [5, 5.41) is 8.94. The van der Waals surface area contributed by atoms with Gasteiger partial charge in [0.15, 0.2) is 0 Å². The van der Waals surface area contributed by atoms with Gasteiger partial charge in [0.2, 0.25) is 5.91 Å². The minimum Gasteiger partial charge on any atom is -0.375 e. The predicted octanol–water partition coefficient (Wildman–Crippen LogP) is 2.31. The highest BCUT2D eigenvalue weighted by molar-refractivity contribution is 7.09. The smallest absolute Gasteiger partial charge is 0.234 e. The van der Waals surface area contributed by atoms with Gasteiger partial charge in [-0.2, -0.15) is 0 Å². The zero-order valence-corrected chi connectivity index (χ0v) is 14.7. The van der Waals surface area contributed by atoms with E-state index >= 15 is 0 Å². The molecule has 8 heteroatoms. The van der Waals surface area contributed by atoms with Crippen molar-refractivity contribution in [2.45, 2.75) is 32.4 Å². The predicted molar refractivity (Wildman–Crippen MR) is 89.5 cm³/mol. The van der Waals surface area contributed by atoms with E-state index in [0.717, 1.165) is 23.2 Å². The Balaban J connectivity index is 0.00000200. The Kier molecular flexibility index (Phi) is 10.1. The molecule has 2 N–H and O–H groups in total. The normalized spacial score (nSPS) is 14.8. The summed E-state index contributed by atoms with van der Waals surface area (Å²) in [5.41, 5.74) is 0.888. The molecule has 1 aromatic heterocycles. The quantitative estimate of drug-likeness (QED) is 0.750. The van der Waals surface area contributed by atoms with Crippen LogP contribution in [0.3, 0.4) is 0 Å². The standard InChI is InChI=1S/C13H21N3O2S.2ClH/c1-9(18-2)13-16-11(8-19-13)6-15-12(17)7-14-5-10-3-4-10;;/h8-10,14H,3-7H2,1-2H3,(H,15,17);2*1H. The molecule has 1 aliphatic rings. The molecule has 1 aromatic rings. The average molecular weight is 356 g/mol. The number of carbonyl (C=O) groups excluding carboxylic acids is 1. The summed E-state index contributed by atoms with van der Waals surface area (Å²) in [4.78, 5) is 16.0. The van der Waals surface area contributed by atoms with Gasteiger partial charge < -0.3 is 15.4 Å². The van der Waals surface area contributed by atoms with Crippen molar-refractivity contribution in [2.75, 3.05) is 20.2 Å². The number of hydrogen-bond donors (Lipinski definition) is 2. The largest absolute Gasteiger partial charge is 0.375 e. The third-order valence-electron chi connectivity index (χ3n) is 3.15. The van der Waals surface area contributed by atoms with Crippen molar-refractivity contribution in [3.8, 4) is 0 Å². The molecule has 1 aliphatic carbocycles. The molecule has 2 rings (SSSR count). The van der Waals surface area contributed by atoms with Gasteiger partial charge in [0.1, 0.15) is 11.1 Å². The van der Waals surface area contributed by atoms with Gasteiger partial charge in [-0.3, -0.25) is 4.79 Å². The average Bonchev–Trinajstić information content (AvgIpc) is 3.11. The number of thiazole rings is 1. The van der Waals surface area contributed by atoms with Crippen molar-refractivity contribution in [1.29, 1.82) is 0 Å². The number of nitrogens with one attached hydrogen (secondary N) is 2. The molecular formula is C13H23Cl2N3O2S. The van der Waals surface area contributed by atoms with Crippen LogP contribution in [0.5, 0.6) is 0 Å². The van der Waals surface area contributed by atoms with Gasteiger partial charge in [-0.25, -0.2) is 4.98 Å². The summed E-state index contributed by atoms with van der Waals surface area (Å²) in [5.74, 6) is 0.819. The number of ether oxygens (including phenoxy) is 1. The van der Waals surface area contributed by atoms with Crippen molar-refractivity contribution in [3.05, 3.63) is 16.1 Å². The molecule has 1 fully saturated rings. The lowest BCUT2D eigenvalue weighted by atomic mass is 10.4. The van der Waals surface area contributed by atoms with E-state index in [2.05, 4.69) is 15.6 Å². The van der Waals surface area contributed by atoms with Crippen molar-refractivity contribution < 1.29 is 9.53 Å². The van der Waals surface area contributed by atoms with Crippen molar-refractivity contribution in [2.24, 2.45) is 5.92 Å². The first-order valence-electron chi connectivity index (χ1n) is 6.63.